The molecule has 1 N–H and O–H groups in total. The average molecular weight is 179 g/mol. The normalized spacial score (nSPS) is 11.2. The molecule has 0 aliphatic carbocycles. The predicted molar refractivity (Wildman–Crippen MR) is 52.1 cm³/mol. The SMILES string of the molecule is COc1c[nH]c2cpc(C)cc12. The number of hydrogen-bond donors (Lipinski definition) is 1. The van der Waals surface area contributed by atoms with Crippen molar-refractivity contribution in [2.75, 3.05) is 7.11 Å². The molecule has 0 fully saturated rings. The molecule has 0 amide bonds. The van der Waals surface area contributed by atoms with E-state index in [4.69, 9.17) is 4.74 Å². The summed E-state index contributed by atoms with van der Waals surface area (Å²) in [5.41, 5.74) is 1.17. The third-order valence-corrected chi connectivity index (χ3v) is 2.81. The molecule has 0 aliphatic heterocycles. The van der Waals surface area contributed by atoms with Gasteiger partial charge in [0.1, 0.15) is 5.75 Å². The molecule has 62 valence electrons. The maximum absolute atomic E-state index is 5.20. The molecule has 0 saturated carbocycles. The van der Waals surface area contributed by atoms with Crippen LogP contribution in [0.1, 0.15) is 5.30 Å². The van der Waals surface area contributed by atoms with Gasteiger partial charge in [-0.15, -0.1) is 0 Å². The largest absolute Gasteiger partial charge is 0.495 e. The first-order chi connectivity index (χ1) is 5.81. The van der Waals surface area contributed by atoms with Crippen molar-refractivity contribution >= 4 is 19.1 Å². The Bertz CT molecular complexity index is 408. The Hall–Kier alpha value is -1.01. The van der Waals surface area contributed by atoms with E-state index in [1.165, 1.54) is 24.4 Å². The van der Waals surface area contributed by atoms with Crippen molar-refractivity contribution in [2.45, 2.75) is 6.92 Å². The number of methoxy groups -OCH3 is 1. The fourth-order valence-electron chi connectivity index (χ4n) is 1.27. The Morgan fingerprint density at radius 1 is 1.50 bits per heavy atom. The van der Waals surface area contributed by atoms with Crippen molar-refractivity contribution in [3.63, 3.8) is 0 Å². The maximum Gasteiger partial charge on any atom is 0.144 e. The average Bonchev–Trinajstić information content (AvgIpc) is 2.46. The molecule has 3 heteroatoms. The zero-order chi connectivity index (χ0) is 8.55. The minimum Gasteiger partial charge on any atom is -0.495 e. The number of aryl methyl sites for hydroxylation is 1. The van der Waals surface area contributed by atoms with Gasteiger partial charge in [0, 0.05) is 11.6 Å². The fourth-order valence-corrected chi connectivity index (χ4v) is 2.02. The second-order valence-corrected chi connectivity index (χ2v) is 3.95. The van der Waals surface area contributed by atoms with Gasteiger partial charge in [-0.2, -0.15) is 0 Å². The lowest BCUT2D eigenvalue weighted by atomic mass is 10.3. The van der Waals surface area contributed by atoms with Crippen molar-refractivity contribution in [1.82, 2.24) is 4.98 Å². The zero-order valence-corrected chi connectivity index (χ0v) is 7.98. The molecule has 0 unspecified atom stereocenters. The molecule has 2 heterocycles. The molecule has 0 atom stereocenters. The molecule has 2 aromatic heterocycles. The monoisotopic (exact) mass is 179 g/mol. The van der Waals surface area contributed by atoms with E-state index in [-0.39, 0.29) is 0 Å². The Morgan fingerprint density at radius 3 is 3.08 bits per heavy atom. The number of fused-ring (bicyclic) bond motifs is 1. The molecule has 0 radical (unpaired) electrons. The smallest absolute Gasteiger partial charge is 0.144 e. The van der Waals surface area contributed by atoms with Gasteiger partial charge in [-0.05, 0) is 24.1 Å². The van der Waals surface area contributed by atoms with Crippen LogP contribution in [0, 0.1) is 6.92 Å². The Morgan fingerprint density at radius 2 is 2.33 bits per heavy atom. The minimum absolute atomic E-state index is 0.926. The van der Waals surface area contributed by atoms with Crippen molar-refractivity contribution in [2.24, 2.45) is 0 Å². The van der Waals surface area contributed by atoms with Gasteiger partial charge >= 0.3 is 0 Å². The Labute approximate surface area is 72.7 Å². The Kier molecular flexibility index (Phi) is 1.78. The van der Waals surface area contributed by atoms with Gasteiger partial charge in [-0.3, -0.25) is 0 Å². The number of nitrogens with one attached hydrogen (secondary N) is 1. The third-order valence-electron chi connectivity index (χ3n) is 1.88. The van der Waals surface area contributed by atoms with E-state index in [0.29, 0.717) is 0 Å². The van der Waals surface area contributed by atoms with Gasteiger partial charge in [-0.25, -0.2) is 0 Å². The second kappa shape index (κ2) is 2.80. The first-order valence-electron chi connectivity index (χ1n) is 3.79. The summed E-state index contributed by atoms with van der Waals surface area (Å²) in [5.74, 6) is 3.09. The number of H-pyrrole nitrogens is 1. The second-order valence-electron chi connectivity index (χ2n) is 2.73. The molecule has 0 bridgehead atoms. The number of rotatable bonds is 1. The highest BCUT2D eigenvalue weighted by atomic mass is 31.0. The van der Waals surface area contributed by atoms with E-state index in [0.717, 1.165) is 5.75 Å². The van der Waals surface area contributed by atoms with E-state index in [9.17, 15) is 0 Å². The van der Waals surface area contributed by atoms with Crippen molar-refractivity contribution in [3.8, 4) is 5.75 Å². The van der Waals surface area contributed by atoms with Crippen LogP contribution in [0.4, 0.5) is 0 Å². The van der Waals surface area contributed by atoms with Gasteiger partial charge in [0.05, 0.1) is 12.6 Å². The summed E-state index contributed by atoms with van der Waals surface area (Å²) in [4.78, 5) is 3.17. The minimum atomic E-state index is 0.926. The lowest BCUT2D eigenvalue weighted by Gasteiger charge is -1.96. The number of aromatic nitrogens is 1. The molecule has 0 spiro atoms. The molecular weight excluding hydrogens is 169 g/mol. The van der Waals surface area contributed by atoms with Crippen LogP contribution >= 0.6 is 8.19 Å². The molecule has 2 nitrogen and oxygen atoms in total. The summed E-state index contributed by atoms with van der Waals surface area (Å²) in [7, 11) is 2.96. The lowest BCUT2D eigenvalue weighted by Crippen LogP contribution is -1.78. The highest BCUT2D eigenvalue weighted by Crippen LogP contribution is 2.29. The van der Waals surface area contributed by atoms with Crippen LogP contribution in [0.15, 0.2) is 18.1 Å². The number of hydrogen-bond acceptors (Lipinski definition) is 1. The van der Waals surface area contributed by atoms with E-state index < -0.39 is 0 Å². The standard InChI is InChI=1S/C9H10NOP/c1-6-3-7-8(5-12-6)10-4-9(7)11-2/h3-5,10H,1-2H3. The van der Waals surface area contributed by atoms with Crippen LogP contribution in [0.5, 0.6) is 5.75 Å². The van der Waals surface area contributed by atoms with Gasteiger partial charge < -0.3 is 9.72 Å². The summed E-state index contributed by atoms with van der Waals surface area (Å²) in [6, 6.07) is 2.16. The van der Waals surface area contributed by atoms with Crippen LogP contribution in [0.2, 0.25) is 0 Å². The molecule has 12 heavy (non-hydrogen) atoms. The summed E-state index contributed by atoms with van der Waals surface area (Å²) < 4.78 is 5.20. The summed E-state index contributed by atoms with van der Waals surface area (Å²) in [6.07, 6.45) is 1.89. The Balaban J connectivity index is 2.75. The van der Waals surface area contributed by atoms with E-state index in [1.54, 1.807) is 7.11 Å². The topological polar surface area (TPSA) is 25.0 Å². The lowest BCUT2D eigenvalue weighted by molar-refractivity contribution is 0.419. The van der Waals surface area contributed by atoms with E-state index in [2.05, 4.69) is 23.8 Å². The van der Waals surface area contributed by atoms with Crippen molar-refractivity contribution < 1.29 is 4.74 Å². The van der Waals surface area contributed by atoms with E-state index in [1.807, 2.05) is 6.20 Å². The quantitative estimate of drug-likeness (QED) is 0.714. The summed E-state index contributed by atoms with van der Waals surface area (Å²) >= 11 is 0. The third kappa shape index (κ3) is 1.09. The number of aromatic amines is 1. The van der Waals surface area contributed by atoms with Crippen molar-refractivity contribution in [3.05, 3.63) is 23.4 Å². The zero-order valence-electron chi connectivity index (χ0n) is 7.09. The first-order valence-corrected chi connectivity index (χ1v) is 4.75. The van der Waals surface area contributed by atoms with Crippen LogP contribution in [0.3, 0.4) is 0 Å². The van der Waals surface area contributed by atoms with Crippen LogP contribution in [-0.2, 0) is 0 Å². The molecule has 0 saturated heterocycles. The molecule has 2 rings (SSSR count). The summed E-state index contributed by atoms with van der Waals surface area (Å²) in [6.45, 7) is 2.12. The molecular formula is C9H10NOP. The molecule has 2 aromatic rings. The first kappa shape index (κ1) is 7.63. The molecule has 0 aliphatic rings. The van der Waals surface area contributed by atoms with E-state index >= 15 is 0 Å². The number of ether oxygens (including phenoxy) is 1. The molecule has 0 aromatic carbocycles. The van der Waals surface area contributed by atoms with Gasteiger partial charge in [-0.1, -0.05) is 8.19 Å². The van der Waals surface area contributed by atoms with Crippen LogP contribution in [0.25, 0.3) is 10.9 Å². The van der Waals surface area contributed by atoms with Gasteiger partial charge in [0.25, 0.3) is 0 Å². The maximum atomic E-state index is 5.20. The fraction of sp³-hybridized carbons (Fsp3) is 0.222. The van der Waals surface area contributed by atoms with Crippen molar-refractivity contribution in [1.29, 1.82) is 0 Å². The summed E-state index contributed by atoms with van der Waals surface area (Å²) in [5, 5.41) is 2.52. The highest BCUT2D eigenvalue weighted by molar-refractivity contribution is 7.30. The highest BCUT2D eigenvalue weighted by Gasteiger charge is 2.02. The van der Waals surface area contributed by atoms with Gasteiger partial charge in [0.2, 0.25) is 0 Å². The van der Waals surface area contributed by atoms with Gasteiger partial charge in [0.15, 0.2) is 0 Å². The predicted octanol–water partition coefficient (Wildman–Crippen LogP) is 3.07. The van der Waals surface area contributed by atoms with Crippen LogP contribution < -0.4 is 4.74 Å². The van der Waals surface area contributed by atoms with Crippen LogP contribution in [-0.4, -0.2) is 12.1 Å².